The van der Waals surface area contributed by atoms with Gasteiger partial charge in [-0.1, -0.05) is 26.2 Å². The first-order valence-corrected chi connectivity index (χ1v) is 6.57. The van der Waals surface area contributed by atoms with Gasteiger partial charge in [0.1, 0.15) is 0 Å². The Bertz CT molecular complexity index is 274. The summed E-state index contributed by atoms with van der Waals surface area (Å²) in [6, 6.07) is 0. The normalized spacial score (nSPS) is 17.9. The smallest absolute Gasteiger partial charge is 0.410 e. The average molecular weight is 256 g/mol. The Kier molecular flexibility index (Phi) is 6.54. The minimum Gasteiger partial charge on any atom is -0.425 e. The fourth-order valence-corrected chi connectivity index (χ4v) is 2.00. The second-order valence-electron chi connectivity index (χ2n) is 4.53. The first-order chi connectivity index (χ1) is 8.63. The number of hydrogen-bond donors (Lipinski definition) is 1. The van der Waals surface area contributed by atoms with E-state index in [2.05, 4.69) is 12.2 Å². The molecule has 1 fully saturated rings. The summed E-state index contributed by atoms with van der Waals surface area (Å²) in [5.74, 6) is -0.292. The van der Waals surface area contributed by atoms with Gasteiger partial charge in [-0.05, 0) is 19.3 Å². The Labute approximate surface area is 108 Å². The molecule has 0 bridgehead atoms. The minimum atomic E-state index is -0.843. The predicted molar refractivity (Wildman–Crippen MR) is 66.6 cm³/mol. The number of carbonyl (C=O) groups excluding carboxylic acids is 2. The molecule has 18 heavy (non-hydrogen) atoms. The zero-order valence-corrected chi connectivity index (χ0v) is 10.9. The van der Waals surface area contributed by atoms with E-state index < -0.39 is 12.4 Å². The first-order valence-electron chi connectivity index (χ1n) is 6.57. The van der Waals surface area contributed by atoms with Gasteiger partial charge in [0, 0.05) is 13.5 Å². The summed E-state index contributed by atoms with van der Waals surface area (Å²) in [4.78, 5) is 23.0. The van der Waals surface area contributed by atoms with Crippen LogP contribution in [0.4, 0.5) is 4.79 Å². The fraction of sp³-hybridized carbons (Fsp3) is 0.769. The second kappa shape index (κ2) is 7.95. The van der Waals surface area contributed by atoms with E-state index in [1.165, 1.54) is 6.42 Å². The number of esters is 1. The van der Waals surface area contributed by atoms with Crippen molar-refractivity contribution in [3.63, 3.8) is 0 Å². The van der Waals surface area contributed by atoms with Crippen LogP contribution in [0.2, 0.25) is 0 Å². The van der Waals surface area contributed by atoms with Crippen molar-refractivity contribution in [3.05, 3.63) is 6.92 Å². The molecule has 1 unspecified atom stereocenters. The SMILES string of the molecule is [CH2]CCNC(=O)OC(C)OC(=O)C1CCCCC1. The van der Waals surface area contributed by atoms with Crippen molar-refractivity contribution >= 4 is 12.1 Å². The van der Waals surface area contributed by atoms with Crippen molar-refractivity contribution < 1.29 is 19.1 Å². The number of nitrogens with one attached hydrogen (secondary N) is 1. The van der Waals surface area contributed by atoms with Crippen molar-refractivity contribution in [2.24, 2.45) is 5.92 Å². The van der Waals surface area contributed by atoms with Crippen molar-refractivity contribution in [2.45, 2.75) is 51.7 Å². The molecule has 1 aliphatic carbocycles. The number of ether oxygens (including phenoxy) is 2. The van der Waals surface area contributed by atoms with Crippen LogP contribution in [0.25, 0.3) is 0 Å². The van der Waals surface area contributed by atoms with Gasteiger partial charge in [-0.25, -0.2) is 4.79 Å². The zero-order valence-electron chi connectivity index (χ0n) is 10.9. The van der Waals surface area contributed by atoms with Gasteiger partial charge >= 0.3 is 12.1 Å². The summed E-state index contributed by atoms with van der Waals surface area (Å²) in [5, 5.41) is 2.50. The van der Waals surface area contributed by atoms with E-state index in [-0.39, 0.29) is 11.9 Å². The first kappa shape index (κ1) is 14.8. The molecule has 1 atom stereocenters. The van der Waals surface area contributed by atoms with Gasteiger partial charge in [0.25, 0.3) is 0 Å². The van der Waals surface area contributed by atoms with Gasteiger partial charge in [0.2, 0.25) is 6.29 Å². The van der Waals surface area contributed by atoms with Gasteiger partial charge in [0.15, 0.2) is 0 Å². The molecule has 0 aromatic heterocycles. The molecule has 1 radical (unpaired) electrons. The molecule has 1 N–H and O–H groups in total. The maximum absolute atomic E-state index is 11.8. The second-order valence-corrected chi connectivity index (χ2v) is 4.53. The van der Waals surface area contributed by atoms with Crippen LogP contribution in [-0.4, -0.2) is 24.9 Å². The molecule has 0 saturated heterocycles. The van der Waals surface area contributed by atoms with E-state index in [0.717, 1.165) is 25.7 Å². The van der Waals surface area contributed by atoms with Crippen LogP contribution in [0.5, 0.6) is 0 Å². The molecular formula is C13H22NO4. The third kappa shape index (κ3) is 5.38. The maximum atomic E-state index is 11.8. The van der Waals surface area contributed by atoms with Crippen LogP contribution in [0, 0.1) is 12.8 Å². The average Bonchev–Trinajstić information content (AvgIpc) is 2.37. The zero-order chi connectivity index (χ0) is 13.4. The highest BCUT2D eigenvalue weighted by atomic mass is 16.7. The van der Waals surface area contributed by atoms with Crippen molar-refractivity contribution in [3.8, 4) is 0 Å². The number of rotatable bonds is 5. The number of alkyl carbamates (subject to hydrolysis) is 1. The lowest BCUT2D eigenvalue weighted by molar-refractivity contribution is -0.170. The molecule has 0 aliphatic heterocycles. The molecule has 103 valence electrons. The van der Waals surface area contributed by atoms with Crippen LogP contribution in [0.1, 0.15) is 45.4 Å². The Morgan fingerprint density at radius 1 is 1.28 bits per heavy atom. The van der Waals surface area contributed by atoms with E-state index in [4.69, 9.17) is 9.47 Å². The molecule has 0 spiro atoms. The Morgan fingerprint density at radius 3 is 2.56 bits per heavy atom. The van der Waals surface area contributed by atoms with Gasteiger partial charge in [0.05, 0.1) is 5.92 Å². The molecule has 1 aliphatic rings. The van der Waals surface area contributed by atoms with E-state index in [1.807, 2.05) is 0 Å². The summed E-state index contributed by atoms with van der Waals surface area (Å²) < 4.78 is 10.00. The lowest BCUT2D eigenvalue weighted by atomic mass is 9.89. The molecule has 0 aromatic rings. The number of amides is 1. The third-order valence-corrected chi connectivity index (χ3v) is 2.94. The predicted octanol–water partition coefficient (Wildman–Crippen LogP) is 2.41. The van der Waals surface area contributed by atoms with E-state index in [0.29, 0.717) is 13.0 Å². The molecule has 0 aromatic carbocycles. The topological polar surface area (TPSA) is 64.6 Å². The van der Waals surface area contributed by atoms with Crippen LogP contribution >= 0.6 is 0 Å². The van der Waals surface area contributed by atoms with Gasteiger partial charge < -0.3 is 14.8 Å². The third-order valence-electron chi connectivity index (χ3n) is 2.94. The van der Waals surface area contributed by atoms with Crippen LogP contribution in [0.15, 0.2) is 0 Å². The highest BCUT2D eigenvalue weighted by Gasteiger charge is 2.24. The summed E-state index contributed by atoms with van der Waals surface area (Å²) in [7, 11) is 0. The monoisotopic (exact) mass is 256 g/mol. The molecule has 1 amide bonds. The summed E-state index contributed by atoms with van der Waals surface area (Å²) in [5.41, 5.74) is 0. The van der Waals surface area contributed by atoms with E-state index in [9.17, 15) is 9.59 Å². The molecule has 0 heterocycles. The fourth-order valence-electron chi connectivity index (χ4n) is 2.00. The van der Waals surface area contributed by atoms with Crippen LogP contribution in [-0.2, 0) is 14.3 Å². The molecular weight excluding hydrogens is 234 g/mol. The van der Waals surface area contributed by atoms with E-state index >= 15 is 0 Å². The molecule has 5 heteroatoms. The lowest BCUT2D eigenvalue weighted by Crippen LogP contribution is -2.32. The Hall–Kier alpha value is -1.26. The summed E-state index contributed by atoms with van der Waals surface area (Å²) in [6.45, 7) is 5.58. The number of carbonyl (C=O) groups is 2. The molecule has 1 saturated carbocycles. The maximum Gasteiger partial charge on any atom is 0.410 e. The highest BCUT2D eigenvalue weighted by Crippen LogP contribution is 2.25. The lowest BCUT2D eigenvalue weighted by Gasteiger charge is -2.22. The van der Waals surface area contributed by atoms with Gasteiger partial charge in [-0.3, -0.25) is 4.79 Å². The highest BCUT2D eigenvalue weighted by molar-refractivity contribution is 5.73. The summed E-state index contributed by atoms with van der Waals surface area (Å²) in [6.07, 6.45) is 4.23. The van der Waals surface area contributed by atoms with Crippen LogP contribution < -0.4 is 5.32 Å². The standard InChI is InChI=1S/C13H22NO4/c1-3-9-14-13(16)18-10(2)17-12(15)11-7-5-4-6-8-11/h10-11H,1,3-9H2,2H3,(H,14,16). The molecule has 1 rings (SSSR count). The van der Waals surface area contributed by atoms with Crippen molar-refractivity contribution in [1.82, 2.24) is 5.32 Å². The van der Waals surface area contributed by atoms with Gasteiger partial charge in [-0.2, -0.15) is 0 Å². The Balaban J connectivity index is 2.23. The summed E-state index contributed by atoms with van der Waals surface area (Å²) >= 11 is 0. The van der Waals surface area contributed by atoms with Crippen molar-refractivity contribution in [1.29, 1.82) is 0 Å². The van der Waals surface area contributed by atoms with Crippen LogP contribution in [0.3, 0.4) is 0 Å². The largest absolute Gasteiger partial charge is 0.425 e. The van der Waals surface area contributed by atoms with Gasteiger partial charge in [-0.15, -0.1) is 0 Å². The quantitative estimate of drug-likeness (QED) is 0.606. The van der Waals surface area contributed by atoms with E-state index in [1.54, 1.807) is 6.92 Å². The number of hydrogen-bond acceptors (Lipinski definition) is 4. The minimum absolute atomic E-state index is 0.0345. The van der Waals surface area contributed by atoms with Crippen molar-refractivity contribution in [2.75, 3.05) is 6.54 Å². The molecule has 5 nitrogen and oxygen atoms in total. The Morgan fingerprint density at radius 2 is 1.94 bits per heavy atom.